The van der Waals surface area contributed by atoms with Gasteiger partial charge in [0.15, 0.2) is 17.0 Å². The summed E-state index contributed by atoms with van der Waals surface area (Å²) in [6.07, 6.45) is 3.85. The molecule has 0 N–H and O–H groups in total. The Labute approximate surface area is 118 Å². The second kappa shape index (κ2) is 5.70. The number of anilines is 1. The number of aryl methyl sites for hydroxylation is 1. The first kappa shape index (κ1) is 13.2. The van der Waals surface area contributed by atoms with Crippen molar-refractivity contribution in [2.75, 3.05) is 38.1 Å². The maximum Gasteiger partial charge on any atom is 0.183 e. The first-order valence-electron chi connectivity index (χ1n) is 7.27. The SMILES string of the molecule is CCCCn1nnc2c(N3CCN(C)CC3)ncnc21. The van der Waals surface area contributed by atoms with E-state index in [1.807, 2.05) is 4.68 Å². The molecule has 3 rings (SSSR count). The van der Waals surface area contributed by atoms with Crippen LogP contribution in [0.1, 0.15) is 19.8 Å². The lowest BCUT2D eigenvalue weighted by atomic mass is 10.3. The van der Waals surface area contributed by atoms with Gasteiger partial charge in [-0.25, -0.2) is 14.6 Å². The lowest BCUT2D eigenvalue weighted by molar-refractivity contribution is 0.312. The molecular formula is C13H21N7. The van der Waals surface area contributed by atoms with Gasteiger partial charge in [0.05, 0.1) is 0 Å². The fourth-order valence-electron chi connectivity index (χ4n) is 2.49. The summed E-state index contributed by atoms with van der Waals surface area (Å²) in [5.74, 6) is 0.922. The predicted octanol–water partition coefficient (Wildman–Crippen LogP) is 0.773. The van der Waals surface area contributed by atoms with Gasteiger partial charge in [0, 0.05) is 32.7 Å². The molecule has 0 aromatic carbocycles. The van der Waals surface area contributed by atoms with E-state index in [0.29, 0.717) is 0 Å². The summed E-state index contributed by atoms with van der Waals surface area (Å²) in [6.45, 7) is 7.09. The van der Waals surface area contributed by atoms with Crippen LogP contribution in [-0.4, -0.2) is 63.1 Å². The number of hydrogen-bond acceptors (Lipinski definition) is 6. The molecule has 0 amide bonds. The zero-order valence-corrected chi connectivity index (χ0v) is 12.2. The highest BCUT2D eigenvalue weighted by Gasteiger charge is 2.20. The van der Waals surface area contributed by atoms with E-state index in [-0.39, 0.29) is 0 Å². The minimum atomic E-state index is 0.827. The van der Waals surface area contributed by atoms with Crippen molar-refractivity contribution in [1.82, 2.24) is 29.9 Å². The second-order valence-electron chi connectivity index (χ2n) is 5.33. The number of aromatic nitrogens is 5. The lowest BCUT2D eigenvalue weighted by Crippen LogP contribution is -2.44. The number of piperazine rings is 1. The molecule has 1 saturated heterocycles. The van der Waals surface area contributed by atoms with Crippen molar-refractivity contribution in [3.8, 4) is 0 Å². The summed E-state index contributed by atoms with van der Waals surface area (Å²) >= 11 is 0. The summed E-state index contributed by atoms with van der Waals surface area (Å²) in [7, 11) is 2.15. The summed E-state index contributed by atoms with van der Waals surface area (Å²) in [5, 5.41) is 8.53. The van der Waals surface area contributed by atoms with Gasteiger partial charge in [0.1, 0.15) is 6.33 Å². The van der Waals surface area contributed by atoms with E-state index in [4.69, 9.17) is 0 Å². The Morgan fingerprint density at radius 3 is 2.70 bits per heavy atom. The van der Waals surface area contributed by atoms with Crippen molar-refractivity contribution in [3.05, 3.63) is 6.33 Å². The Morgan fingerprint density at radius 1 is 1.15 bits per heavy atom. The van der Waals surface area contributed by atoms with Gasteiger partial charge in [-0.05, 0) is 13.5 Å². The van der Waals surface area contributed by atoms with Gasteiger partial charge in [-0.1, -0.05) is 18.6 Å². The molecule has 0 saturated carbocycles. The third-order valence-corrected chi connectivity index (χ3v) is 3.81. The van der Waals surface area contributed by atoms with Crippen molar-refractivity contribution in [3.63, 3.8) is 0 Å². The Morgan fingerprint density at radius 2 is 1.95 bits per heavy atom. The molecule has 1 fully saturated rings. The fourth-order valence-corrected chi connectivity index (χ4v) is 2.49. The van der Waals surface area contributed by atoms with Crippen LogP contribution in [0.4, 0.5) is 5.82 Å². The van der Waals surface area contributed by atoms with Crippen LogP contribution in [0.3, 0.4) is 0 Å². The standard InChI is InChI=1S/C13H21N7/c1-3-4-5-20-13-11(16-17-20)12(14-10-15-13)19-8-6-18(2)7-9-19/h10H,3-9H2,1-2H3. The molecule has 1 aliphatic heterocycles. The number of likely N-dealkylation sites (N-methyl/N-ethyl adjacent to an activating group) is 1. The number of fused-ring (bicyclic) bond motifs is 1. The van der Waals surface area contributed by atoms with Gasteiger partial charge < -0.3 is 9.80 Å². The molecule has 0 spiro atoms. The number of nitrogens with zero attached hydrogens (tertiary/aromatic N) is 7. The minimum Gasteiger partial charge on any atom is -0.352 e. The minimum absolute atomic E-state index is 0.827. The van der Waals surface area contributed by atoms with Crippen LogP contribution in [0.25, 0.3) is 11.2 Å². The van der Waals surface area contributed by atoms with E-state index in [9.17, 15) is 0 Å². The lowest BCUT2D eigenvalue weighted by Gasteiger charge is -2.32. The molecule has 2 aromatic rings. The van der Waals surface area contributed by atoms with E-state index in [2.05, 4.69) is 44.1 Å². The molecule has 0 unspecified atom stereocenters. The molecule has 20 heavy (non-hydrogen) atoms. The van der Waals surface area contributed by atoms with Gasteiger partial charge in [0.2, 0.25) is 0 Å². The Kier molecular flexibility index (Phi) is 3.77. The van der Waals surface area contributed by atoms with Crippen LogP contribution in [0.2, 0.25) is 0 Å². The molecule has 3 heterocycles. The van der Waals surface area contributed by atoms with Gasteiger partial charge in [-0.2, -0.15) is 0 Å². The van der Waals surface area contributed by atoms with Gasteiger partial charge in [0.25, 0.3) is 0 Å². The van der Waals surface area contributed by atoms with Gasteiger partial charge in [-0.3, -0.25) is 0 Å². The van der Waals surface area contributed by atoms with Gasteiger partial charge in [-0.15, -0.1) is 5.10 Å². The second-order valence-corrected chi connectivity index (χ2v) is 5.33. The predicted molar refractivity (Wildman–Crippen MR) is 77.7 cm³/mol. The van der Waals surface area contributed by atoms with E-state index < -0.39 is 0 Å². The Bertz CT molecular complexity index is 571. The highest BCUT2D eigenvalue weighted by Crippen LogP contribution is 2.21. The van der Waals surface area contributed by atoms with Crippen molar-refractivity contribution < 1.29 is 0 Å². The average molecular weight is 275 g/mol. The maximum atomic E-state index is 4.43. The zero-order valence-electron chi connectivity index (χ0n) is 12.2. The quantitative estimate of drug-likeness (QED) is 0.821. The number of unbranched alkanes of at least 4 members (excludes halogenated alkanes) is 1. The van der Waals surface area contributed by atoms with E-state index in [0.717, 1.165) is 62.5 Å². The molecule has 7 nitrogen and oxygen atoms in total. The summed E-state index contributed by atoms with van der Waals surface area (Å²) < 4.78 is 1.89. The first-order chi connectivity index (χ1) is 9.79. The fraction of sp³-hybridized carbons (Fsp3) is 0.692. The normalized spacial score (nSPS) is 17.0. The topological polar surface area (TPSA) is 63.0 Å². The molecule has 108 valence electrons. The smallest absolute Gasteiger partial charge is 0.183 e. The van der Waals surface area contributed by atoms with Crippen LogP contribution in [0.15, 0.2) is 6.33 Å². The summed E-state index contributed by atoms with van der Waals surface area (Å²) in [6, 6.07) is 0. The highest BCUT2D eigenvalue weighted by molar-refractivity contribution is 5.82. The van der Waals surface area contributed by atoms with Gasteiger partial charge >= 0.3 is 0 Å². The number of hydrogen-bond donors (Lipinski definition) is 0. The maximum absolute atomic E-state index is 4.43. The van der Waals surface area contributed by atoms with Crippen LogP contribution in [-0.2, 0) is 6.54 Å². The third-order valence-electron chi connectivity index (χ3n) is 3.81. The van der Waals surface area contributed by atoms with E-state index in [1.54, 1.807) is 6.33 Å². The molecule has 0 bridgehead atoms. The highest BCUT2D eigenvalue weighted by atomic mass is 15.4. The van der Waals surface area contributed by atoms with Crippen molar-refractivity contribution >= 4 is 17.0 Å². The summed E-state index contributed by atoms with van der Waals surface area (Å²) in [4.78, 5) is 13.4. The van der Waals surface area contributed by atoms with E-state index in [1.165, 1.54) is 0 Å². The Hall–Kier alpha value is -1.76. The summed E-state index contributed by atoms with van der Waals surface area (Å²) in [5.41, 5.74) is 1.68. The monoisotopic (exact) mass is 275 g/mol. The number of rotatable bonds is 4. The molecule has 0 atom stereocenters. The van der Waals surface area contributed by atoms with Crippen LogP contribution in [0.5, 0.6) is 0 Å². The molecule has 0 aliphatic carbocycles. The largest absolute Gasteiger partial charge is 0.352 e. The average Bonchev–Trinajstić information content (AvgIpc) is 2.89. The van der Waals surface area contributed by atoms with Crippen LogP contribution >= 0.6 is 0 Å². The first-order valence-corrected chi connectivity index (χ1v) is 7.27. The molecule has 7 heteroatoms. The zero-order chi connectivity index (χ0) is 13.9. The van der Waals surface area contributed by atoms with Crippen molar-refractivity contribution in [2.24, 2.45) is 0 Å². The third kappa shape index (κ3) is 2.45. The molecule has 0 radical (unpaired) electrons. The molecular weight excluding hydrogens is 254 g/mol. The van der Waals surface area contributed by atoms with Crippen LogP contribution in [0, 0.1) is 0 Å². The van der Waals surface area contributed by atoms with E-state index >= 15 is 0 Å². The Balaban J connectivity index is 1.90. The molecule has 2 aromatic heterocycles. The van der Waals surface area contributed by atoms with Crippen molar-refractivity contribution in [1.29, 1.82) is 0 Å². The van der Waals surface area contributed by atoms with Crippen LogP contribution < -0.4 is 4.90 Å². The van der Waals surface area contributed by atoms with Crippen molar-refractivity contribution in [2.45, 2.75) is 26.3 Å². The molecule has 1 aliphatic rings.